The van der Waals surface area contributed by atoms with E-state index < -0.39 is 5.60 Å². The van der Waals surface area contributed by atoms with Crippen LogP contribution in [0.2, 0.25) is 0 Å². The number of rotatable bonds is 0. The molecule has 0 spiro atoms. The fourth-order valence-electron chi connectivity index (χ4n) is 5.31. The highest BCUT2D eigenvalue weighted by molar-refractivity contribution is 5.09. The Balaban J connectivity index is 1.88. The van der Waals surface area contributed by atoms with E-state index >= 15 is 0 Å². The summed E-state index contributed by atoms with van der Waals surface area (Å²) in [4.78, 5) is 0. The maximum absolute atomic E-state index is 11.0. The number of aliphatic hydroxyl groups is 1. The average molecular weight is 306 g/mol. The zero-order valence-electron chi connectivity index (χ0n) is 15.1. The minimum absolute atomic E-state index is 0.0680. The molecular formula is C20H34O2. The Morgan fingerprint density at radius 3 is 2.55 bits per heavy atom. The lowest BCUT2D eigenvalue weighted by molar-refractivity contribution is -0.120. The van der Waals surface area contributed by atoms with E-state index in [1.165, 1.54) is 18.4 Å². The fourth-order valence-corrected chi connectivity index (χ4v) is 5.31. The van der Waals surface area contributed by atoms with E-state index in [0.717, 1.165) is 32.1 Å². The SMILES string of the molecule is C/C1=C/C[C@@H]2CC[C@](C)(O)[C@@H](CC[C@]3(C)O[C@H]3CC1)C2(C)C. The summed E-state index contributed by atoms with van der Waals surface area (Å²) in [5.74, 6) is 1.06. The van der Waals surface area contributed by atoms with Gasteiger partial charge in [0.15, 0.2) is 0 Å². The average Bonchev–Trinajstić information content (AvgIpc) is 3.04. The molecule has 3 aliphatic rings. The summed E-state index contributed by atoms with van der Waals surface area (Å²) < 4.78 is 6.03. The molecule has 0 radical (unpaired) electrons. The molecule has 0 unspecified atom stereocenters. The van der Waals surface area contributed by atoms with Gasteiger partial charge in [0.2, 0.25) is 0 Å². The smallest absolute Gasteiger partial charge is 0.0920 e. The van der Waals surface area contributed by atoms with Crippen LogP contribution in [-0.4, -0.2) is 22.4 Å². The maximum Gasteiger partial charge on any atom is 0.0920 e. The van der Waals surface area contributed by atoms with E-state index in [1.807, 2.05) is 0 Å². The van der Waals surface area contributed by atoms with Gasteiger partial charge < -0.3 is 9.84 Å². The second kappa shape index (κ2) is 5.34. The van der Waals surface area contributed by atoms with E-state index in [4.69, 9.17) is 4.74 Å². The van der Waals surface area contributed by atoms with Crippen molar-refractivity contribution in [3.8, 4) is 0 Å². The molecule has 2 bridgehead atoms. The van der Waals surface area contributed by atoms with Gasteiger partial charge in [-0.3, -0.25) is 0 Å². The quantitative estimate of drug-likeness (QED) is 0.512. The predicted molar refractivity (Wildman–Crippen MR) is 90.7 cm³/mol. The molecule has 2 heteroatoms. The van der Waals surface area contributed by atoms with Crippen molar-refractivity contribution in [3.05, 3.63) is 11.6 Å². The predicted octanol–water partition coefficient (Wildman–Crippen LogP) is 4.86. The van der Waals surface area contributed by atoms with Crippen LogP contribution in [0.15, 0.2) is 11.6 Å². The first-order chi connectivity index (χ1) is 10.2. The van der Waals surface area contributed by atoms with Crippen LogP contribution in [0, 0.1) is 17.3 Å². The maximum atomic E-state index is 11.0. The van der Waals surface area contributed by atoms with Crippen molar-refractivity contribution in [1.82, 2.24) is 0 Å². The third-order valence-electron chi connectivity index (χ3n) is 7.22. The molecule has 2 aliphatic carbocycles. The van der Waals surface area contributed by atoms with Gasteiger partial charge in [0.05, 0.1) is 17.3 Å². The summed E-state index contributed by atoms with van der Waals surface area (Å²) in [6.07, 6.45) is 10.7. The van der Waals surface area contributed by atoms with E-state index in [0.29, 0.717) is 17.9 Å². The van der Waals surface area contributed by atoms with Gasteiger partial charge in [0, 0.05) is 0 Å². The molecule has 0 aromatic rings. The largest absolute Gasteiger partial charge is 0.390 e. The Morgan fingerprint density at radius 1 is 1.09 bits per heavy atom. The second-order valence-corrected chi connectivity index (χ2v) is 9.25. The number of epoxide rings is 1. The van der Waals surface area contributed by atoms with E-state index in [2.05, 4.69) is 40.7 Å². The molecule has 126 valence electrons. The van der Waals surface area contributed by atoms with Crippen LogP contribution in [0.4, 0.5) is 0 Å². The Hall–Kier alpha value is -0.340. The van der Waals surface area contributed by atoms with Crippen molar-refractivity contribution < 1.29 is 9.84 Å². The molecule has 2 fully saturated rings. The van der Waals surface area contributed by atoms with Crippen molar-refractivity contribution >= 4 is 0 Å². The Bertz CT molecular complexity index is 462. The molecule has 0 aromatic heterocycles. The number of allylic oxidation sites excluding steroid dienone is 2. The van der Waals surface area contributed by atoms with Crippen molar-refractivity contribution in [2.75, 3.05) is 0 Å². The lowest BCUT2D eigenvalue weighted by Crippen LogP contribution is -2.51. The summed E-state index contributed by atoms with van der Waals surface area (Å²) in [6.45, 7) is 11.4. The fraction of sp³-hybridized carbons (Fsp3) is 0.900. The monoisotopic (exact) mass is 306 g/mol. The van der Waals surface area contributed by atoms with E-state index in [-0.39, 0.29) is 11.0 Å². The first-order valence-corrected chi connectivity index (χ1v) is 9.21. The zero-order chi connectivity index (χ0) is 16.2. The molecule has 1 aliphatic heterocycles. The first-order valence-electron chi connectivity index (χ1n) is 9.21. The highest BCUT2D eigenvalue weighted by atomic mass is 16.6. The van der Waals surface area contributed by atoms with Crippen molar-refractivity contribution in [1.29, 1.82) is 0 Å². The highest BCUT2D eigenvalue weighted by Crippen LogP contribution is 2.55. The molecular weight excluding hydrogens is 272 g/mol. The van der Waals surface area contributed by atoms with Gasteiger partial charge in [-0.1, -0.05) is 25.5 Å². The van der Waals surface area contributed by atoms with Gasteiger partial charge >= 0.3 is 0 Å². The van der Waals surface area contributed by atoms with Crippen LogP contribution in [0.25, 0.3) is 0 Å². The lowest BCUT2D eigenvalue weighted by Gasteiger charge is -2.53. The molecule has 2 nitrogen and oxygen atoms in total. The third-order valence-corrected chi connectivity index (χ3v) is 7.22. The minimum atomic E-state index is -0.524. The lowest BCUT2D eigenvalue weighted by atomic mass is 9.54. The summed E-state index contributed by atoms with van der Waals surface area (Å²) in [7, 11) is 0. The topological polar surface area (TPSA) is 32.8 Å². The minimum Gasteiger partial charge on any atom is -0.390 e. The van der Waals surface area contributed by atoms with Gasteiger partial charge in [-0.2, -0.15) is 0 Å². The second-order valence-electron chi connectivity index (χ2n) is 9.25. The van der Waals surface area contributed by atoms with E-state index in [1.54, 1.807) is 0 Å². The van der Waals surface area contributed by atoms with Gasteiger partial charge in [-0.15, -0.1) is 0 Å². The zero-order valence-corrected chi connectivity index (χ0v) is 15.1. The van der Waals surface area contributed by atoms with Crippen LogP contribution in [0.3, 0.4) is 0 Å². The van der Waals surface area contributed by atoms with Gasteiger partial charge in [0.1, 0.15) is 0 Å². The number of hydrogen-bond donors (Lipinski definition) is 1. The van der Waals surface area contributed by atoms with Crippen molar-refractivity contribution in [2.45, 2.75) is 96.9 Å². The number of fused-ring (bicyclic) bond motifs is 3. The number of hydrogen-bond acceptors (Lipinski definition) is 2. The first kappa shape index (κ1) is 16.5. The third kappa shape index (κ3) is 2.89. The normalized spacial score (nSPS) is 50.8. The van der Waals surface area contributed by atoms with Crippen LogP contribution in [-0.2, 0) is 4.74 Å². The van der Waals surface area contributed by atoms with E-state index in [9.17, 15) is 5.11 Å². The molecule has 22 heavy (non-hydrogen) atoms. The van der Waals surface area contributed by atoms with Crippen LogP contribution >= 0.6 is 0 Å². The summed E-state index contributed by atoms with van der Waals surface area (Å²) in [5.41, 5.74) is 1.25. The van der Waals surface area contributed by atoms with Crippen molar-refractivity contribution in [2.24, 2.45) is 17.3 Å². The molecule has 5 atom stereocenters. The van der Waals surface area contributed by atoms with Gasteiger partial charge in [0.25, 0.3) is 0 Å². The highest BCUT2D eigenvalue weighted by Gasteiger charge is 2.55. The Morgan fingerprint density at radius 2 is 1.82 bits per heavy atom. The molecule has 0 amide bonds. The Kier molecular flexibility index (Phi) is 4.01. The summed E-state index contributed by atoms with van der Waals surface area (Å²) in [6, 6.07) is 0. The van der Waals surface area contributed by atoms with Gasteiger partial charge in [-0.05, 0) is 83.0 Å². The van der Waals surface area contributed by atoms with Crippen LogP contribution in [0.1, 0.15) is 79.6 Å². The number of ether oxygens (including phenoxy) is 1. The molecule has 1 heterocycles. The standard InChI is InChI=1S/C20H34O2/c1-14-6-8-15-10-12-19(4,21)16(18(15,2)3)11-13-20(5)17(22-20)9-7-14/h6,15-17,21H,7-13H2,1-5H3/b14-6-/t15-,16+,17+,19+,20+/m1/s1. The molecule has 0 aromatic carbocycles. The molecule has 3 rings (SSSR count). The molecule has 1 N–H and O–H groups in total. The van der Waals surface area contributed by atoms with Crippen LogP contribution < -0.4 is 0 Å². The van der Waals surface area contributed by atoms with Gasteiger partial charge in [-0.25, -0.2) is 0 Å². The summed E-state index contributed by atoms with van der Waals surface area (Å²) >= 11 is 0. The molecule has 1 saturated heterocycles. The van der Waals surface area contributed by atoms with Crippen LogP contribution in [0.5, 0.6) is 0 Å². The summed E-state index contributed by atoms with van der Waals surface area (Å²) in [5, 5.41) is 11.0. The molecule has 1 saturated carbocycles. The van der Waals surface area contributed by atoms with Crippen molar-refractivity contribution in [3.63, 3.8) is 0 Å². The Labute approximate surface area is 136 Å².